The van der Waals surface area contributed by atoms with Crippen LogP contribution in [0.4, 0.5) is 0 Å². The Bertz CT molecular complexity index is 340. The molecular formula is C15H33O9P. The highest BCUT2D eigenvalue weighted by Crippen LogP contribution is 2.35. The topological polar surface area (TPSA) is 113 Å². The summed E-state index contributed by atoms with van der Waals surface area (Å²) in [6.45, 7) is 10.8. The van der Waals surface area contributed by atoms with E-state index in [1.54, 1.807) is 0 Å². The molecule has 0 aliphatic rings. The normalized spacial score (nSPS) is 12.7. The lowest BCUT2D eigenvalue weighted by Crippen LogP contribution is -2.17. The summed E-state index contributed by atoms with van der Waals surface area (Å²) in [4.78, 5) is 16.9. The summed E-state index contributed by atoms with van der Waals surface area (Å²) in [6.07, 6.45) is 0. The summed E-state index contributed by atoms with van der Waals surface area (Å²) in [6, 6.07) is 0. The first-order valence-electron chi connectivity index (χ1n) is 8.29. The van der Waals surface area contributed by atoms with Crippen molar-refractivity contribution in [2.24, 2.45) is 5.41 Å². The molecule has 0 amide bonds. The predicted molar refractivity (Wildman–Crippen MR) is 91.5 cm³/mol. The SMILES string of the molecule is CC(C)(C)COCCOCCOCCOCCOCCOP(=O)(O)O. The fraction of sp³-hybridized carbons (Fsp3) is 1.00. The summed E-state index contributed by atoms with van der Waals surface area (Å²) < 4.78 is 41.1. The van der Waals surface area contributed by atoms with Gasteiger partial charge in [-0.3, -0.25) is 4.52 Å². The molecule has 0 radical (unpaired) electrons. The summed E-state index contributed by atoms with van der Waals surface area (Å²) in [5.41, 5.74) is 0.171. The number of hydrogen-bond donors (Lipinski definition) is 2. The molecular weight excluding hydrogens is 355 g/mol. The fourth-order valence-corrected chi connectivity index (χ4v) is 1.79. The molecule has 0 bridgehead atoms. The standard InChI is InChI=1S/C15H33O9P/c1-15(2,3)14-23-11-10-21-7-6-19-4-5-20-8-9-22-12-13-24-25(16,17)18/h4-14H2,1-3H3,(H2,16,17,18). The maximum Gasteiger partial charge on any atom is 0.469 e. The van der Waals surface area contributed by atoms with E-state index in [1.807, 2.05) is 0 Å². The van der Waals surface area contributed by atoms with Gasteiger partial charge in [0.25, 0.3) is 0 Å². The van der Waals surface area contributed by atoms with Crippen molar-refractivity contribution in [1.82, 2.24) is 0 Å². The monoisotopic (exact) mass is 388 g/mol. The van der Waals surface area contributed by atoms with E-state index in [-0.39, 0.29) is 18.6 Å². The van der Waals surface area contributed by atoms with E-state index in [0.29, 0.717) is 59.5 Å². The van der Waals surface area contributed by atoms with Gasteiger partial charge in [0.15, 0.2) is 0 Å². The van der Waals surface area contributed by atoms with Gasteiger partial charge in [-0.05, 0) is 5.41 Å². The Kier molecular flexibility index (Phi) is 15.0. The second kappa shape index (κ2) is 15.0. The fourth-order valence-electron chi connectivity index (χ4n) is 1.47. The van der Waals surface area contributed by atoms with Gasteiger partial charge in [-0.2, -0.15) is 0 Å². The number of phosphoric acid groups is 1. The Balaban J connectivity index is 3.09. The quantitative estimate of drug-likeness (QED) is 0.280. The highest BCUT2D eigenvalue weighted by molar-refractivity contribution is 7.46. The van der Waals surface area contributed by atoms with Crippen molar-refractivity contribution in [1.29, 1.82) is 0 Å². The lowest BCUT2D eigenvalue weighted by atomic mass is 9.99. The molecule has 0 aromatic carbocycles. The van der Waals surface area contributed by atoms with Gasteiger partial charge in [-0.15, -0.1) is 0 Å². The van der Waals surface area contributed by atoms with E-state index in [9.17, 15) is 4.57 Å². The summed E-state index contributed by atoms with van der Waals surface area (Å²) >= 11 is 0. The molecule has 0 heterocycles. The molecule has 0 aliphatic carbocycles. The molecule has 152 valence electrons. The first-order chi connectivity index (χ1) is 11.7. The summed E-state index contributed by atoms with van der Waals surface area (Å²) in [5, 5.41) is 0. The van der Waals surface area contributed by atoms with Gasteiger partial charge in [0, 0.05) is 0 Å². The van der Waals surface area contributed by atoms with Crippen LogP contribution in [0.15, 0.2) is 0 Å². The van der Waals surface area contributed by atoms with Gasteiger partial charge in [-0.25, -0.2) is 4.57 Å². The van der Waals surface area contributed by atoms with Gasteiger partial charge in [0.1, 0.15) is 0 Å². The molecule has 25 heavy (non-hydrogen) atoms. The lowest BCUT2D eigenvalue weighted by Gasteiger charge is -2.17. The van der Waals surface area contributed by atoms with Gasteiger partial charge in [-0.1, -0.05) is 20.8 Å². The van der Waals surface area contributed by atoms with Gasteiger partial charge < -0.3 is 33.5 Å². The van der Waals surface area contributed by atoms with E-state index in [0.717, 1.165) is 0 Å². The molecule has 2 N–H and O–H groups in total. The second-order valence-corrected chi connectivity index (χ2v) is 7.63. The molecule has 0 atom stereocenters. The largest absolute Gasteiger partial charge is 0.469 e. The zero-order valence-electron chi connectivity index (χ0n) is 15.5. The maximum atomic E-state index is 10.4. The smallest absolute Gasteiger partial charge is 0.379 e. The lowest BCUT2D eigenvalue weighted by molar-refractivity contribution is -0.0183. The van der Waals surface area contributed by atoms with E-state index in [2.05, 4.69) is 25.3 Å². The van der Waals surface area contributed by atoms with Crippen molar-refractivity contribution in [3.63, 3.8) is 0 Å². The molecule has 0 saturated heterocycles. The minimum atomic E-state index is -4.41. The molecule has 9 nitrogen and oxygen atoms in total. The van der Waals surface area contributed by atoms with Crippen LogP contribution in [0.3, 0.4) is 0 Å². The third kappa shape index (κ3) is 23.9. The Morgan fingerprint density at radius 1 is 0.640 bits per heavy atom. The highest BCUT2D eigenvalue weighted by Gasteiger charge is 2.12. The van der Waals surface area contributed by atoms with Crippen LogP contribution in [-0.2, 0) is 32.8 Å². The van der Waals surface area contributed by atoms with Crippen LogP contribution in [0, 0.1) is 5.41 Å². The number of rotatable bonds is 17. The van der Waals surface area contributed by atoms with E-state index >= 15 is 0 Å². The zero-order chi connectivity index (χ0) is 19.0. The van der Waals surface area contributed by atoms with Crippen LogP contribution in [0.25, 0.3) is 0 Å². The molecule has 0 rings (SSSR count). The van der Waals surface area contributed by atoms with Gasteiger partial charge in [0.05, 0.1) is 72.7 Å². The third-order valence-electron chi connectivity index (χ3n) is 2.51. The zero-order valence-corrected chi connectivity index (χ0v) is 16.4. The molecule has 0 aromatic heterocycles. The van der Waals surface area contributed by atoms with Crippen molar-refractivity contribution in [3.05, 3.63) is 0 Å². The average Bonchev–Trinajstić information content (AvgIpc) is 2.48. The van der Waals surface area contributed by atoms with Gasteiger partial charge in [0.2, 0.25) is 0 Å². The third-order valence-corrected chi connectivity index (χ3v) is 3.03. The van der Waals surface area contributed by atoms with Crippen molar-refractivity contribution in [3.8, 4) is 0 Å². The molecule has 0 unspecified atom stereocenters. The number of hydrogen-bond acceptors (Lipinski definition) is 7. The Hall–Kier alpha value is -0.0900. The van der Waals surface area contributed by atoms with E-state index in [4.69, 9.17) is 33.5 Å². The van der Waals surface area contributed by atoms with Crippen LogP contribution in [0.1, 0.15) is 20.8 Å². The van der Waals surface area contributed by atoms with Crippen LogP contribution < -0.4 is 0 Å². The summed E-state index contributed by atoms with van der Waals surface area (Å²) in [7, 11) is -4.41. The molecule has 0 spiro atoms. The molecule has 0 fully saturated rings. The second-order valence-electron chi connectivity index (χ2n) is 6.39. The van der Waals surface area contributed by atoms with Crippen molar-refractivity contribution < 1.29 is 42.6 Å². The number of ether oxygens (including phenoxy) is 5. The Labute approximate surface area is 150 Å². The number of phosphoric ester groups is 1. The molecule has 0 saturated carbocycles. The Morgan fingerprint density at radius 2 is 0.960 bits per heavy atom. The average molecular weight is 388 g/mol. The maximum absolute atomic E-state index is 10.4. The van der Waals surface area contributed by atoms with E-state index in [1.165, 1.54) is 0 Å². The van der Waals surface area contributed by atoms with Crippen molar-refractivity contribution in [2.45, 2.75) is 20.8 Å². The van der Waals surface area contributed by atoms with E-state index < -0.39 is 7.82 Å². The molecule has 0 aromatic rings. The van der Waals surface area contributed by atoms with Crippen LogP contribution in [-0.4, -0.2) is 82.5 Å². The first-order valence-corrected chi connectivity index (χ1v) is 9.82. The van der Waals surface area contributed by atoms with Crippen LogP contribution in [0.5, 0.6) is 0 Å². The summed E-state index contributed by atoms with van der Waals surface area (Å²) in [5.74, 6) is 0. The minimum absolute atomic E-state index is 0.0990. The molecule has 10 heteroatoms. The van der Waals surface area contributed by atoms with Crippen LogP contribution in [0.2, 0.25) is 0 Å². The highest BCUT2D eigenvalue weighted by atomic mass is 31.2. The molecule has 0 aliphatic heterocycles. The Morgan fingerprint density at radius 3 is 1.28 bits per heavy atom. The van der Waals surface area contributed by atoms with Crippen molar-refractivity contribution in [2.75, 3.05) is 72.7 Å². The first kappa shape index (κ1) is 24.9. The van der Waals surface area contributed by atoms with Gasteiger partial charge >= 0.3 is 7.82 Å². The minimum Gasteiger partial charge on any atom is -0.379 e. The van der Waals surface area contributed by atoms with Crippen LogP contribution >= 0.6 is 7.82 Å². The predicted octanol–water partition coefficient (Wildman–Crippen LogP) is 1.22. The van der Waals surface area contributed by atoms with Crippen molar-refractivity contribution >= 4 is 7.82 Å².